The lowest BCUT2D eigenvalue weighted by Crippen LogP contribution is -2.53. The predicted molar refractivity (Wildman–Crippen MR) is 106 cm³/mol. The first-order valence-electron chi connectivity index (χ1n) is 10.2. The van der Waals surface area contributed by atoms with Crippen LogP contribution in [-0.4, -0.2) is 79.8 Å². The summed E-state index contributed by atoms with van der Waals surface area (Å²) in [5.74, 6) is 0.857. The van der Waals surface area contributed by atoms with E-state index in [9.17, 15) is 4.79 Å². The number of ether oxygens (including phenoxy) is 1. The van der Waals surface area contributed by atoms with Crippen LogP contribution >= 0.6 is 0 Å². The van der Waals surface area contributed by atoms with Crippen molar-refractivity contribution in [1.82, 2.24) is 20.4 Å². The van der Waals surface area contributed by atoms with E-state index in [2.05, 4.69) is 34.4 Å². The first-order valence-corrected chi connectivity index (χ1v) is 10.2. The van der Waals surface area contributed by atoms with E-state index in [4.69, 9.17) is 4.74 Å². The molecule has 0 radical (unpaired) electrons. The third-order valence-electron chi connectivity index (χ3n) is 5.57. The summed E-state index contributed by atoms with van der Waals surface area (Å²) in [5, 5.41) is 6.99. The maximum absolute atomic E-state index is 11.8. The maximum atomic E-state index is 11.8. The molecule has 2 heterocycles. The Hall–Kier alpha value is -1.50. The number of hydrogen-bond donors (Lipinski definition) is 2. The molecule has 150 valence electrons. The Bertz CT molecular complexity index is 463. The average molecular weight is 368 g/mol. The molecule has 0 aromatic rings. The molecule has 0 spiro atoms. The van der Waals surface area contributed by atoms with Gasteiger partial charge in [0.15, 0.2) is 5.96 Å². The second-order valence-corrected chi connectivity index (χ2v) is 7.49. The lowest BCUT2D eigenvalue weighted by molar-refractivity contribution is 0.0962. The van der Waals surface area contributed by atoms with Crippen LogP contribution in [0.15, 0.2) is 4.99 Å². The van der Waals surface area contributed by atoms with Gasteiger partial charge in [-0.15, -0.1) is 0 Å². The van der Waals surface area contributed by atoms with Crippen LogP contribution in [-0.2, 0) is 4.74 Å². The predicted octanol–water partition coefficient (Wildman–Crippen LogP) is 2.04. The minimum absolute atomic E-state index is 0.196. The summed E-state index contributed by atoms with van der Waals surface area (Å²) in [6.07, 6.45) is 5.59. The Balaban J connectivity index is 1.72. The molecule has 2 aliphatic rings. The van der Waals surface area contributed by atoms with Gasteiger partial charge < -0.3 is 20.3 Å². The van der Waals surface area contributed by atoms with Crippen LogP contribution in [0.2, 0.25) is 0 Å². The number of nitrogens with one attached hydrogen (secondary N) is 2. The summed E-state index contributed by atoms with van der Waals surface area (Å²) in [6.45, 7) is 10.5. The van der Waals surface area contributed by atoms with Crippen molar-refractivity contribution in [2.24, 2.45) is 4.99 Å². The molecular weight excluding hydrogens is 330 g/mol. The van der Waals surface area contributed by atoms with Gasteiger partial charge in [-0.25, -0.2) is 4.79 Å². The lowest BCUT2D eigenvalue weighted by atomic mass is 10.0. The van der Waals surface area contributed by atoms with E-state index in [1.54, 1.807) is 4.90 Å². The van der Waals surface area contributed by atoms with Crippen LogP contribution in [0.1, 0.15) is 52.9 Å². The molecule has 7 heteroatoms. The van der Waals surface area contributed by atoms with Gasteiger partial charge in [0, 0.05) is 44.8 Å². The van der Waals surface area contributed by atoms with E-state index in [0.717, 1.165) is 38.4 Å². The molecule has 1 amide bonds. The number of nitrogens with zero attached hydrogens (tertiary/aromatic N) is 3. The fourth-order valence-corrected chi connectivity index (χ4v) is 3.95. The van der Waals surface area contributed by atoms with Crippen molar-refractivity contribution in [3.05, 3.63) is 0 Å². The summed E-state index contributed by atoms with van der Waals surface area (Å²) in [5.41, 5.74) is 0. The van der Waals surface area contributed by atoms with Crippen molar-refractivity contribution in [1.29, 1.82) is 0 Å². The van der Waals surface area contributed by atoms with Crippen LogP contribution in [0.3, 0.4) is 0 Å². The molecular formula is C19H37N5O2. The zero-order chi connectivity index (χ0) is 18.9. The maximum Gasteiger partial charge on any atom is 0.409 e. The van der Waals surface area contributed by atoms with Gasteiger partial charge in [0.25, 0.3) is 0 Å². The zero-order valence-electron chi connectivity index (χ0n) is 17.0. The zero-order valence-corrected chi connectivity index (χ0v) is 17.0. The normalized spacial score (nSPS) is 24.2. The van der Waals surface area contributed by atoms with Crippen LogP contribution in [0, 0.1) is 0 Å². The Kier molecular flexibility index (Phi) is 8.48. The minimum atomic E-state index is -0.196. The number of rotatable bonds is 5. The summed E-state index contributed by atoms with van der Waals surface area (Å²) in [7, 11) is 1.82. The average Bonchev–Trinajstić information content (AvgIpc) is 2.66. The van der Waals surface area contributed by atoms with E-state index < -0.39 is 0 Å². The number of piperidine rings is 2. The second kappa shape index (κ2) is 10.6. The molecule has 2 rings (SSSR count). The second-order valence-electron chi connectivity index (χ2n) is 7.49. The molecule has 0 aromatic carbocycles. The monoisotopic (exact) mass is 367 g/mol. The van der Waals surface area contributed by atoms with Crippen molar-refractivity contribution in [3.63, 3.8) is 0 Å². The number of aliphatic imine (C=N–C) groups is 1. The van der Waals surface area contributed by atoms with Gasteiger partial charge in [0.1, 0.15) is 0 Å². The van der Waals surface area contributed by atoms with Crippen molar-refractivity contribution < 1.29 is 9.53 Å². The van der Waals surface area contributed by atoms with Crippen LogP contribution in [0.4, 0.5) is 4.79 Å². The molecule has 0 aromatic heterocycles. The molecule has 0 aliphatic carbocycles. The number of guanidine groups is 1. The number of carbonyl (C=O) groups excluding carboxylic acids is 1. The number of amides is 1. The Morgan fingerprint density at radius 1 is 1.23 bits per heavy atom. The van der Waals surface area contributed by atoms with E-state index in [1.807, 2.05) is 14.0 Å². The van der Waals surface area contributed by atoms with E-state index in [-0.39, 0.29) is 6.09 Å². The highest BCUT2D eigenvalue weighted by Crippen LogP contribution is 2.18. The SMILES string of the molecule is CCOC(=O)N1CCC(NC(=NC)NCC(C)N2CCCCC2C)CC1. The quantitative estimate of drug-likeness (QED) is 0.575. The number of likely N-dealkylation sites (tertiary alicyclic amines) is 2. The molecule has 2 atom stereocenters. The molecule has 2 N–H and O–H groups in total. The van der Waals surface area contributed by atoms with Crippen LogP contribution in [0.25, 0.3) is 0 Å². The van der Waals surface area contributed by atoms with Gasteiger partial charge in [0.05, 0.1) is 6.61 Å². The molecule has 2 unspecified atom stereocenters. The lowest BCUT2D eigenvalue weighted by Gasteiger charge is -2.38. The summed E-state index contributed by atoms with van der Waals surface area (Å²) < 4.78 is 5.08. The van der Waals surface area contributed by atoms with Gasteiger partial charge in [-0.1, -0.05) is 6.42 Å². The highest BCUT2D eigenvalue weighted by molar-refractivity contribution is 5.80. The van der Waals surface area contributed by atoms with Crippen molar-refractivity contribution in [2.75, 3.05) is 39.8 Å². The Morgan fingerprint density at radius 2 is 1.96 bits per heavy atom. The Morgan fingerprint density at radius 3 is 2.58 bits per heavy atom. The molecule has 0 bridgehead atoms. The molecule has 0 saturated carbocycles. The minimum Gasteiger partial charge on any atom is -0.450 e. The van der Waals surface area contributed by atoms with Crippen molar-refractivity contribution in [2.45, 2.75) is 71.0 Å². The van der Waals surface area contributed by atoms with Gasteiger partial charge in [-0.05, 0) is 53.0 Å². The number of carbonyl (C=O) groups is 1. The molecule has 2 saturated heterocycles. The van der Waals surface area contributed by atoms with Gasteiger partial charge in [0.2, 0.25) is 0 Å². The molecule has 2 fully saturated rings. The van der Waals surface area contributed by atoms with Crippen molar-refractivity contribution >= 4 is 12.1 Å². The number of hydrogen-bond acceptors (Lipinski definition) is 4. The van der Waals surface area contributed by atoms with E-state index in [1.165, 1.54) is 25.8 Å². The van der Waals surface area contributed by atoms with Crippen molar-refractivity contribution in [3.8, 4) is 0 Å². The van der Waals surface area contributed by atoms with Gasteiger partial charge in [-0.3, -0.25) is 9.89 Å². The standard InChI is InChI=1S/C19H37N5O2/c1-5-26-19(25)23-12-9-17(10-13-23)22-18(20-4)21-14-16(3)24-11-7-6-8-15(24)2/h15-17H,5-14H2,1-4H3,(H2,20,21,22). The fraction of sp³-hybridized carbons (Fsp3) is 0.895. The van der Waals surface area contributed by atoms with E-state index >= 15 is 0 Å². The summed E-state index contributed by atoms with van der Waals surface area (Å²) in [4.78, 5) is 20.5. The first kappa shape index (κ1) is 20.8. The molecule has 26 heavy (non-hydrogen) atoms. The van der Waals surface area contributed by atoms with Gasteiger partial charge in [-0.2, -0.15) is 0 Å². The topological polar surface area (TPSA) is 69.2 Å². The molecule has 7 nitrogen and oxygen atoms in total. The largest absolute Gasteiger partial charge is 0.450 e. The van der Waals surface area contributed by atoms with Gasteiger partial charge >= 0.3 is 6.09 Å². The van der Waals surface area contributed by atoms with Crippen LogP contribution in [0.5, 0.6) is 0 Å². The summed E-state index contributed by atoms with van der Waals surface area (Å²) >= 11 is 0. The van der Waals surface area contributed by atoms with E-state index in [0.29, 0.717) is 24.7 Å². The highest BCUT2D eigenvalue weighted by Gasteiger charge is 2.25. The molecule has 2 aliphatic heterocycles. The highest BCUT2D eigenvalue weighted by atomic mass is 16.6. The smallest absolute Gasteiger partial charge is 0.409 e. The Labute approximate surface area is 158 Å². The first-order chi connectivity index (χ1) is 12.5. The third kappa shape index (κ3) is 6.04. The summed E-state index contributed by atoms with van der Waals surface area (Å²) in [6, 6.07) is 1.51. The third-order valence-corrected chi connectivity index (χ3v) is 5.57. The fourth-order valence-electron chi connectivity index (χ4n) is 3.95. The van der Waals surface area contributed by atoms with Crippen LogP contribution < -0.4 is 10.6 Å².